The first-order valence-electron chi connectivity index (χ1n) is 5.73. The number of aryl methyl sites for hydroxylation is 3. The van der Waals surface area contributed by atoms with Crippen molar-refractivity contribution in [2.24, 2.45) is 7.05 Å². The lowest BCUT2D eigenvalue weighted by atomic mass is 10.2. The third kappa shape index (κ3) is 2.81. The number of hydrogen-bond acceptors (Lipinski definition) is 4. The van der Waals surface area contributed by atoms with Crippen molar-refractivity contribution in [3.05, 3.63) is 35.3 Å². The minimum absolute atomic E-state index is 0.731. The van der Waals surface area contributed by atoms with Gasteiger partial charge in [-0.25, -0.2) is 0 Å². The van der Waals surface area contributed by atoms with Gasteiger partial charge >= 0.3 is 0 Å². The van der Waals surface area contributed by atoms with Gasteiger partial charge in [0, 0.05) is 25.4 Å². The molecular weight excluding hydrogens is 214 g/mol. The highest BCUT2D eigenvalue weighted by Gasteiger charge is 2.05. The van der Waals surface area contributed by atoms with Gasteiger partial charge in [0.05, 0.1) is 11.9 Å². The Morgan fingerprint density at radius 3 is 2.94 bits per heavy atom. The number of hydrogen-bond donors (Lipinski definition) is 1. The van der Waals surface area contributed by atoms with Gasteiger partial charge in [-0.05, 0) is 25.0 Å². The lowest BCUT2D eigenvalue weighted by molar-refractivity contribution is 0.746. The molecule has 5 nitrogen and oxygen atoms in total. The van der Waals surface area contributed by atoms with E-state index in [1.54, 1.807) is 6.20 Å². The monoisotopic (exact) mass is 231 g/mol. The molecule has 2 aromatic heterocycles. The molecule has 0 bridgehead atoms. The molecule has 5 heteroatoms. The van der Waals surface area contributed by atoms with Crippen molar-refractivity contribution >= 4 is 5.82 Å². The fourth-order valence-corrected chi connectivity index (χ4v) is 1.77. The van der Waals surface area contributed by atoms with Crippen LogP contribution in [0.3, 0.4) is 0 Å². The number of nitrogens with zero attached hydrogens (tertiary/aromatic N) is 4. The minimum atomic E-state index is 0.731. The van der Waals surface area contributed by atoms with Gasteiger partial charge in [-0.3, -0.25) is 4.68 Å². The van der Waals surface area contributed by atoms with E-state index in [0.29, 0.717) is 0 Å². The maximum absolute atomic E-state index is 4.40. The fraction of sp³-hybridized carbons (Fsp3) is 0.417. The van der Waals surface area contributed by atoms with Crippen LogP contribution in [0.1, 0.15) is 23.7 Å². The van der Waals surface area contributed by atoms with Crippen LogP contribution in [0.25, 0.3) is 0 Å². The van der Waals surface area contributed by atoms with Gasteiger partial charge in [0.15, 0.2) is 0 Å². The summed E-state index contributed by atoms with van der Waals surface area (Å²) in [5.41, 5.74) is 3.43. The molecule has 0 aromatic carbocycles. The molecule has 2 aromatic rings. The molecule has 0 saturated heterocycles. The Kier molecular flexibility index (Phi) is 3.37. The molecule has 1 N–H and O–H groups in total. The van der Waals surface area contributed by atoms with E-state index in [2.05, 4.69) is 27.5 Å². The first-order valence-corrected chi connectivity index (χ1v) is 5.73. The first-order chi connectivity index (χ1) is 8.19. The topological polar surface area (TPSA) is 55.6 Å². The van der Waals surface area contributed by atoms with E-state index in [1.165, 1.54) is 5.56 Å². The van der Waals surface area contributed by atoms with Gasteiger partial charge in [-0.15, -0.1) is 5.10 Å². The van der Waals surface area contributed by atoms with Crippen LogP contribution in [0.2, 0.25) is 0 Å². The second-order valence-electron chi connectivity index (χ2n) is 4.10. The van der Waals surface area contributed by atoms with E-state index in [0.717, 1.165) is 30.0 Å². The van der Waals surface area contributed by atoms with E-state index < -0.39 is 0 Å². The molecule has 0 atom stereocenters. The van der Waals surface area contributed by atoms with Gasteiger partial charge in [-0.2, -0.15) is 10.2 Å². The Morgan fingerprint density at radius 2 is 2.24 bits per heavy atom. The Morgan fingerprint density at radius 1 is 1.41 bits per heavy atom. The largest absolute Gasteiger partial charge is 0.364 e. The third-order valence-corrected chi connectivity index (χ3v) is 2.58. The zero-order valence-electron chi connectivity index (χ0n) is 10.4. The van der Waals surface area contributed by atoms with Crippen LogP contribution in [-0.2, 0) is 20.0 Å². The standard InChI is InChI=1S/C12H17N5/c1-4-11-10(8-17(3)16-11)7-13-12-5-9(2)6-14-15-12/h5-6,8H,4,7H2,1-3H3,(H,13,15). The molecule has 0 radical (unpaired) electrons. The van der Waals surface area contributed by atoms with Gasteiger partial charge in [0.2, 0.25) is 0 Å². The quantitative estimate of drug-likeness (QED) is 0.870. The first kappa shape index (κ1) is 11.6. The second kappa shape index (κ2) is 4.95. The van der Waals surface area contributed by atoms with Gasteiger partial charge in [0.25, 0.3) is 0 Å². The fourth-order valence-electron chi connectivity index (χ4n) is 1.77. The summed E-state index contributed by atoms with van der Waals surface area (Å²) in [7, 11) is 1.94. The van der Waals surface area contributed by atoms with Gasteiger partial charge in [0.1, 0.15) is 5.82 Å². The van der Waals surface area contributed by atoms with Crippen LogP contribution >= 0.6 is 0 Å². The molecule has 0 fully saturated rings. The summed E-state index contributed by atoms with van der Waals surface area (Å²) in [4.78, 5) is 0. The van der Waals surface area contributed by atoms with Crippen LogP contribution in [0, 0.1) is 6.92 Å². The van der Waals surface area contributed by atoms with Crippen molar-refractivity contribution < 1.29 is 0 Å². The molecule has 0 aliphatic rings. The SMILES string of the molecule is CCc1nn(C)cc1CNc1cc(C)cnn1. The molecule has 2 heterocycles. The average Bonchev–Trinajstić information content (AvgIpc) is 2.67. The minimum Gasteiger partial charge on any atom is -0.364 e. The Hall–Kier alpha value is -1.91. The number of aromatic nitrogens is 4. The van der Waals surface area contributed by atoms with Crippen LogP contribution in [0.5, 0.6) is 0 Å². The molecule has 0 aliphatic heterocycles. The number of anilines is 1. The smallest absolute Gasteiger partial charge is 0.149 e. The normalized spacial score (nSPS) is 10.5. The van der Waals surface area contributed by atoms with Crippen molar-refractivity contribution in [3.8, 4) is 0 Å². The summed E-state index contributed by atoms with van der Waals surface area (Å²) < 4.78 is 1.85. The zero-order valence-corrected chi connectivity index (χ0v) is 10.4. The zero-order chi connectivity index (χ0) is 12.3. The second-order valence-corrected chi connectivity index (χ2v) is 4.10. The van der Waals surface area contributed by atoms with Crippen molar-refractivity contribution in [3.63, 3.8) is 0 Å². The predicted octanol–water partition coefficient (Wildman–Crippen LogP) is 1.69. The third-order valence-electron chi connectivity index (χ3n) is 2.58. The summed E-state index contributed by atoms with van der Waals surface area (Å²) in [6, 6.07) is 1.98. The van der Waals surface area contributed by atoms with Crippen LogP contribution in [-0.4, -0.2) is 20.0 Å². The van der Waals surface area contributed by atoms with E-state index in [-0.39, 0.29) is 0 Å². The van der Waals surface area contributed by atoms with Gasteiger partial charge < -0.3 is 5.32 Å². The average molecular weight is 231 g/mol. The molecule has 2 rings (SSSR count). The maximum atomic E-state index is 4.40. The number of nitrogens with one attached hydrogen (secondary N) is 1. The molecule has 0 aliphatic carbocycles. The van der Waals surface area contributed by atoms with E-state index >= 15 is 0 Å². The summed E-state index contributed by atoms with van der Waals surface area (Å²) in [5.74, 6) is 0.802. The van der Waals surface area contributed by atoms with E-state index in [9.17, 15) is 0 Å². The molecule has 0 spiro atoms. The van der Waals surface area contributed by atoms with Crippen LogP contribution < -0.4 is 5.32 Å². The summed E-state index contributed by atoms with van der Waals surface area (Å²) in [5, 5.41) is 15.6. The van der Waals surface area contributed by atoms with Crippen LogP contribution in [0.15, 0.2) is 18.5 Å². The summed E-state index contributed by atoms with van der Waals surface area (Å²) in [6.45, 7) is 4.84. The lowest BCUT2D eigenvalue weighted by Crippen LogP contribution is -2.03. The molecule has 0 saturated carbocycles. The highest BCUT2D eigenvalue weighted by atomic mass is 15.3. The van der Waals surface area contributed by atoms with E-state index in [1.807, 2.05) is 30.9 Å². The highest BCUT2D eigenvalue weighted by molar-refractivity contribution is 5.36. The van der Waals surface area contributed by atoms with E-state index in [4.69, 9.17) is 0 Å². The predicted molar refractivity (Wildman–Crippen MR) is 66.7 cm³/mol. The maximum Gasteiger partial charge on any atom is 0.149 e. The Balaban J connectivity index is 2.06. The van der Waals surface area contributed by atoms with Crippen molar-refractivity contribution in [2.45, 2.75) is 26.8 Å². The summed E-state index contributed by atoms with van der Waals surface area (Å²) in [6.07, 6.45) is 4.72. The molecule has 0 amide bonds. The summed E-state index contributed by atoms with van der Waals surface area (Å²) >= 11 is 0. The molecule has 90 valence electrons. The molecule has 17 heavy (non-hydrogen) atoms. The highest BCUT2D eigenvalue weighted by Crippen LogP contribution is 2.10. The van der Waals surface area contributed by atoms with Crippen molar-refractivity contribution in [1.82, 2.24) is 20.0 Å². The van der Waals surface area contributed by atoms with Crippen molar-refractivity contribution in [1.29, 1.82) is 0 Å². The van der Waals surface area contributed by atoms with Crippen molar-refractivity contribution in [2.75, 3.05) is 5.32 Å². The Bertz CT molecular complexity index is 503. The van der Waals surface area contributed by atoms with Gasteiger partial charge in [-0.1, -0.05) is 6.92 Å². The lowest BCUT2D eigenvalue weighted by Gasteiger charge is -2.04. The Labute approximate surface area is 101 Å². The number of rotatable bonds is 4. The molecule has 0 unspecified atom stereocenters. The van der Waals surface area contributed by atoms with Crippen LogP contribution in [0.4, 0.5) is 5.82 Å². The molecular formula is C12H17N5.